The lowest BCUT2D eigenvalue weighted by Gasteiger charge is -2.08. The predicted molar refractivity (Wildman–Crippen MR) is 81.8 cm³/mol. The van der Waals surface area contributed by atoms with Gasteiger partial charge in [-0.3, -0.25) is 0 Å². The van der Waals surface area contributed by atoms with Gasteiger partial charge in [0.05, 0.1) is 4.90 Å². The minimum Gasteiger partial charge on any atom is -0.334 e. The van der Waals surface area contributed by atoms with Crippen molar-refractivity contribution in [3.8, 4) is 11.5 Å². The van der Waals surface area contributed by atoms with Crippen molar-refractivity contribution in [1.82, 2.24) is 10.1 Å². The Morgan fingerprint density at radius 1 is 0.955 bits per heavy atom. The Morgan fingerprint density at radius 3 is 2.18 bits per heavy atom. The summed E-state index contributed by atoms with van der Waals surface area (Å²) < 4.78 is 30.3. The van der Waals surface area contributed by atoms with Crippen LogP contribution in [-0.2, 0) is 9.84 Å². The summed E-state index contributed by atoms with van der Waals surface area (Å²) in [5.41, 5.74) is 0.755. The van der Waals surface area contributed by atoms with Crippen molar-refractivity contribution < 1.29 is 12.9 Å². The van der Waals surface area contributed by atoms with Crippen LogP contribution in [0.4, 0.5) is 0 Å². The molecule has 0 aliphatic carbocycles. The molecule has 0 bridgehead atoms. The van der Waals surface area contributed by atoms with E-state index < -0.39 is 15.1 Å². The van der Waals surface area contributed by atoms with Gasteiger partial charge in [-0.1, -0.05) is 41.6 Å². The first-order valence-electron chi connectivity index (χ1n) is 6.77. The van der Waals surface area contributed by atoms with Gasteiger partial charge in [0.15, 0.2) is 15.7 Å². The van der Waals surface area contributed by atoms with Crippen molar-refractivity contribution in [2.75, 3.05) is 0 Å². The van der Waals surface area contributed by atoms with Crippen LogP contribution in [0.25, 0.3) is 11.5 Å². The largest absolute Gasteiger partial charge is 0.334 e. The van der Waals surface area contributed by atoms with E-state index in [1.54, 1.807) is 37.3 Å². The first kappa shape index (κ1) is 14.5. The predicted octanol–water partition coefficient (Wildman–Crippen LogP) is 3.27. The second kappa shape index (κ2) is 5.73. The molecular formula is C16H14N2O3S. The maximum atomic E-state index is 12.6. The number of benzene rings is 2. The van der Waals surface area contributed by atoms with Gasteiger partial charge in [-0.05, 0) is 31.2 Å². The molecule has 0 aliphatic heterocycles. The molecule has 3 rings (SSSR count). The number of rotatable bonds is 4. The third-order valence-electron chi connectivity index (χ3n) is 3.36. The third kappa shape index (κ3) is 2.65. The minimum atomic E-state index is -3.55. The van der Waals surface area contributed by atoms with Crippen molar-refractivity contribution >= 4 is 9.84 Å². The molecule has 0 N–H and O–H groups in total. The maximum absolute atomic E-state index is 12.6. The summed E-state index contributed by atoms with van der Waals surface area (Å²) in [6.45, 7) is 1.56. The molecule has 1 heterocycles. The molecule has 0 saturated carbocycles. The van der Waals surface area contributed by atoms with Crippen LogP contribution >= 0.6 is 0 Å². The van der Waals surface area contributed by atoms with Gasteiger partial charge in [0.25, 0.3) is 5.89 Å². The normalized spacial score (nSPS) is 13.0. The van der Waals surface area contributed by atoms with Crippen molar-refractivity contribution in [3.63, 3.8) is 0 Å². The lowest BCUT2D eigenvalue weighted by molar-refractivity contribution is 0.421. The van der Waals surface area contributed by atoms with Crippen LogP contribution in [0.5, 0.6) is 0 Å². The van der Waals surface area contributed by atoms with E-state index in [1.165, 1.54) is 0 Å². The van der Waals surface area contributed by atoms with Crippen LogP contribution < -0.4 is 0 Å². The molecule has 1 atom stereocenters. The van der Waals surface area contributed by atoms with Crippen molar-refractivity contribution in [2.24, 2.45) is 0 Å². The molecular weight excluding hydrogens is 300 g/mol. The molecule has 0 fully saturated rings. The third-order valence-corrected chi connectivity index (χ3v) is 5.43. The quantitative estimate of drug-likeness (QED) is 0.739. The van der Waals surface area contributed by atoms with E-state index in [4.69, 9.17) is 4.52 Å². The summed E-state index contributed by atoms with van der Waals surface area (Å²) in [5, 5.41) is 2.94. The molecule has 0 amide bonds. The van der Waals surface area contributed by atoms with Crippen LogP contribution in [0, 0.1) is 0 Å². The van der Waals surface area contributed by atoms with E-state index in [9.17, 15) is 8.42 Å². The Hall–Kier alpha value is -2.47. The molecule has 22 heavy (non-hydrogen) atoms. The SMILES string of the molecule is CC(c1noc(-c2ccccc2)n1)S(=O)(=O)c1ccccc1. The fourth-order valence-electron chi connectivity index (χ4n) is 2.05. The molecule has 0 spiro atoms. The number of hydrogen-bond acceptors (Lipinski definition) is 5. The second-order valence-electron chi connectivity index (χ2n) is 4.82. The van der Waals surface area contributed by atoms with E-state index in [0.29, 0.717) is 5.89 Å². The van der Waals surface area contributed by atoms with Gasteiger partial charge in [-0.25, -0.2) is 8.42 Å². The summed E-state index contributed by atoms with van der Waals surface area (Å²) in [6.07, 6.45) is 0. The van der Waals surface area contributed by atoms with Gasteiger partial charge in [0.1, 0.15) is 5.25 Å². The Bertz CT molecular complexity index is 859. The highest BCUT2D eigenvalue weighted by molar-refractivity contribution is 7.91. The fourth-order valence-corrected chi connectivity index (χ4v) is 3.37. The standard InChI is InChI=1S/C16H14N2O3S/c1-12(22(19,20)14-10-6-3-7-11-14)15-17-16(21-18-15)13-8-4-2-5-9-13/h2-12H,1H3. The lowest BCUT2D eigenvalue weighted by atomic mass is 10.2. The Morgan fingerprint density at radius 2 is 1.55 bits per heavy atom. The average Bonchev–Trinajstić information content (AvgIpc) is 3.05. The van der Waals surface area contributed by atoms with E-state index in [-0.39, 0.29) is 10.7 Å². The van der Waals surface area contributed by atoms with Crippen LogP contribution in [0.15, 0.2) is 70.1 Å². The summed E-state index contributed by atoms with van der Waals surface area (Å²) in [7, 11) is -3.55. The molecule has 6 heteroatoms. The summed E-state index contributed by atoms with van der Waals surface area (Å²) >= 11 is 0. The van der Waals surface area contributed by atoms with E-state index in [2.05, 4.69) is 10.1 Å². The molecule has 5 nitrogen and oxygen atoms in total. The molecule has 0 saturated heterocycles. The average molecular weight is 314 g/mol. The molecule has 1 unspecified atom stereocenters. The zero-order valence-corrected chi connectivity index (χ0v) is 12.7. The Labute approximate surface area is 128 Å². The van der Waals surface area contributed by atoms with Gasteiger partial charge in [-0.15, -0.1) is 0 Å². The Balaban J connectivity index is 1.94. The van der Waals surface area contributed by atoms with Gasteiger partial charge >= 0.3 is 0 Å². The lowest BCUT2D eigenvalue weighted by Crippen LogP contribution is -2.12. The molecule has 3 aromatic rings. The molecule has 2 aromatic carbocycles. The summed E-state index contributed by atoms with van der Waals surface area (Å²) in [5.74, 6) is 0.466. The number of hydrogen-bond donors (Lipinski definition) is 0. The first-order valence-corrected chi connectivity index (χ1v) is 8.31. The van der Waals surface area contributed by atoms with Crippen LogP contribution in [0.1, 0.15) is 18.0 Å². The number of aromatic nitrogens is 2. The first-order chi connectivity index (χ1) is 10.6. The fraction of sp³-hybridized carbons (Fsp3) is 0.125. The highest BCUT2D eigenvalue weighted by atomic mass is 32.2. The van der Waals surface area contributed by atoms with Crippen LogP contribution in [0.3, 0.4) is 0 Å². The van der Waals surface area contributed by atoms with Crippen molar-refractivity contribution in [1.29, 1.82) is 0 Å². The highest BCUT2D eigenvalue weighted by Crippen LogP contribution is 2.28. The summed E-state index contributed by atoms with van der Waals surface area (Å²) in [4.78, 5) is 4.46. The molecule has 0 radical (unpaired) electrons. The van der Waals surface area contributed by atoms with E-state index in [0.717, 1.165) is 5.56 Å². The highest BCUT2D eigenvalue weighted by Gasteiger charge is 2.29. The van der Waals surface area contributed by atoms with Gasteiger partial charge in [0.2, 0.25) is 0 Å². The van der Waals surface area contributed by atoms with Gasteiger partial charge < -0.3 is 4.52 Å². The van der Waals surface area contributed by atoms with E-state index >= 15 is 0 Å². The minimum absolute atomic E-state index is 0.155. The maximum Gasteiger partial charge on any atom is 0.257 e. The van der Waals surface area contributed by atoms with Gasteiger partial charge in [0, 0.05) is 5.56 Å². The number of sulfone groups is 1. The monoisotopic (exact) mass is 314 g/mol. The Kier molecular flexibility index (Phi) is 3.77. The molecule has 112 valence electrons. The zero-order valence-electron chi connectivity index (χ0n) is 11.9. The van der Waals surface area contributed by atoms with Crippen molar-refractivity contribution in [3.05, 3.63) is 66.5 Å². The van der Waals surface area contributed by atoms with Crippen LogP contribution in [-0.4, -0.2) is 18.6 Å². The summed E-state index contributed by atoms with van der Waals surface area (Å²) in [6, 6.07) is 17.5. The molecule has 1 aromatic heterocycles. The van der Waals surface area contributed by atoms with Crippen molar-refractivity contribution in [2.45, 2.75) is 17.1 Å². The second-order valence-corrected chi connectivity index (χ2v) is 7.09. The van der Waals surface area contributed by atoms with Crippen LogP contribution in [0.2, 0.25) is 0 Å². The zero-order chi connectivity index (χ0) is 15.6. The molecule has 0 aliphatic rings. The number of nitrogens with zero attached hydrogens (tertiary/aromatic N) is 2. The smallest absolute Gasteiger partial charge is 0.257 e. The van der Waals surface area contributed by atoms with E-state index in [1.807, 2.05) is 30.3 Å². The van der Waals surface area contributed by atoms with Gasteiger partial charge in [-0.2, -0.15) is 4.98 Å². The topological polar surface area (TPSA) is 73.1 Å².